The van der Waals surface area contributed by atoms with Gasteiger partial charge in [-0.25, -0.2) is 9.97 Å². The van der Waals surface area contributed by atoms with Crippen LogP contribution in [0.1, 0.15) is 36.6 Å². The number of benzene rings is 4. The van der Waals surface area contributed by atoms with E-state index in [4.69, 9.17) is 9.97 Å². The van der Waals surface area contributed by atoms with E-state index in [0.717, 1.165) is 47.7 Å². The van der Waals surface area contributed by atoms with Gasteiger partial charge >= 0.3 is 0 Å². The van der Waals surface area contributed by atoms with Crippen molar-refractivity contribution in [1.82, 2.24) is 14.5 Å². The Hall–Kier alpha value is -5.06. The van der Waals surface area contributed by atoms with Crippen LogP contribution in [-0.2, 0) is 0 Å². The van der Waals surface area contributed by atoms with E-state index in [-0.39, 0.29) is 5.92 Å². The second kappa shape index (κ2) is 10.3. The molecule has 3 aromatic heterocycles. The minimum atomic E-state index is 0.265. The first-order valence-corrected chi connectivity index (χ1v) is 16.2. The molecule has 0 amide bonds. The molecular weight excluding hydrogens is 555 g/mol. The lowest BCUT2D eigenvalue weighted by molar-refractivity contribution is 0.808. The van der Waals surface area contributed by atoms with Gasteiger partial charge in [0.2, 0.25) is 0 Å². The molecule has 4 aromatic carbocycles. The standard InChI is InChI=1S/C40H29N3S/c1-3-11-26(12-4-1)34-25-35(27-13-5-2-6-14-27)42-40(41-34)28-19-21-29(22-20-28)43-36-17-9-7-15-30(36)32-23-24-33-31-16-8-10-18-37(31)44-39(33)38(32)43/h1-5,7-11,13,15-26H,6,12,14H2. The topological polar surface area (TPSA) is 30.7 Å². The maximum absolute atomic E-state index is 5.13. The van der Waals surface area contributed by atoms with E-state index in [1.165, 1.54) is 47.6 Å². The lowest BCUT2D eigenvalue weighted by Gasteiger charge is -2.17. The number of thiophene rings is 1. The summed E-state index contributed by atoms with van der Waals surface area (Å²) in [6.07, 6.45) is 18.3. The van der Waals surface area contributed by atoms with Crippen LogP contribution in [0.2, 0.25) is 0 Å². The van der Waals surface area contributed by atoms with Gasteiger partial charge in [0.05, 0.1) is 27.1 Å². The number of hydrogen-bond donors (Lipinski definition) is 0. The van der Waals surface area contributed by atoms with Crippen molar-refractivity contribution in [2.24, 2.45) is 0 Å². The highest BCUT2D eigenvalue weighted by molar-refractivity contribution is 7.26. The van der Waals surface area contributed by atoms with Gasteiger partial charge in [-0.05, 0) is 67.3 Å². The predicted molar refractivity (Wildman–Crippen MR) is 187 cm³/mol. The monoisotopic (exact) mass is 583 g/mol. The van der Waals surface area contributed by atoms with Crippen molar-refractivity contribution in [3.05, 3.63) is 145 Å². The lowest BCUT2D eigenvalue weighted by atomic mass is 9.94. The third kappa shape index (κ3) is 4.10. The zero-order chi connectivity index (χ0) is 29.0. The van der Waals surface area contributed by atoms with Gasteiger partial charge in [0.25, 0.3) is 0 Å². The molecular formula is C40H29N3S. The number of rotatable bonds is 4. The van der Waals surface area contributed by atoms with Crippen LogP contribution in [0.4, 0.5) is 0 Å². The molecule has 9 rings (SSSR count). The molecule has 3 nitrogen and oxygen atoms in total. The highest BCUT2D eigenvalue weighted by atomic mass is 32.1. The summed E-state index contributed by atoms with van der Waals surface area (Å²) in [6.45, 7) is 0. The highest BCUT2D eigenvalue weighted by Gasteiger charge is 2.19. The van der Waals surface area contributed by atoms with E-state index in [1.807, 2.05) is 11.3 Å². The Bertz CT molecular complexity index is 2360. The fourth-order valence-electron chi connectivity index (χ4n) is 6.82. The largest absolute Gasteiger partial charge is 0.308 e. The maximum Gasteiger partial charge on any atom is 0.160 e. The Kier molecular flexibility index (Phi) is 5.95. The molecule has 0 saturated carbocycles. The first-order valence-electron chi connectivity index (χ1n) is 15.3. The Labute approximate surface area is 259 Å². The predicted octanol–water partition coefficient (Wildman–Crippen LogP) is 10.9. The summed E-state index contributed by atoms with van der Waals surface area (Å²) in [6, 6.07) is 33.1. The van der Waals surface area contributed by atoms with Gasteiger partial charge in [-0.3, -0.25) is 0 Å². The lowest BCUT2D eigenvalue weighted by Crippen LogP contribution is -2.06. The average Bonchev–Trinajstić information content (AvgIpc) is 3.65. The van der Waals surface area contributed by atoms with Crippen LogP contribution >= 0.6 is 11.3 Å². The number of hydrogen-bond acceptors (Lipinski definition) is 3. The van der Waals surface area contributed by atoms with Crippen molar-refractivity contribution in [2.75, 3.05) is 0 Å². The van der Waals surface area contributed by atoms with Crippen LogP contribution in [0.5, 0.6) is 0 Å². The first-order chi connectivity index (χ1) is 21.8. The van der Waals surface area contributed by atoms with Crippen molar-refractivity contribution in [2.45, 2.75) is 25.2 Å². The quantitative estimate of drug-likeness (QED) is 0.206. The van der Waals surface area contributed by atoms with E-state index in [9.17, 15) is 0 Å². The summed E-state index contributed by atoms with van der Waals surface area (Å²) < 4.78 is 5.09. The van der Waals surface area contributed by atoms with E-state index in [2.05, 4.69) is 138 Å². The SMILES string of the molecule is C1=CCCC(c2cc(C3C=CC=CC3)nc(-c3ccc(-n4c5ccccc5c5ccc6c7ccccc7sc6c54)cc3)n2)=C1. The third-order valence-corrected chi connectivity index (χ3v) is 10.2. The van der Waals surface area contributed by atoms with Crippen LogP contribution in [0.25, 0.3) is 64.6 Å². The molecule has 210 valence electrons. The fraction of sp³-hybridized carbons (Fsp3) is 0.100. The van der Waals surface area contributed by atoms with Crippen LogP contribution in [0.15, 0.2) is 134 Å². The van der Waals surface area contributed by atoms with Crippen molar-refractivity contribution in [3.8, 4) is 17.1 Å². The van der Waals surface area contributed by atoms with Gasteiger partial charge in [-0.2, -0.15) is 0 Å². The van der Waals surface area contributed by atoms with Crippen molar-refractivity contribution in [1.29, 1.82) is 0 Å². The second-order valence-corrected chi connectivity index (χ2v) is 12.7. The first kappa shape index (κ1) is 25.4. The van der Waals surface area contributed by atoms with Gasteiger partial charge < -0.3 is 4.57 Å². The summed E-state index contributed by atoms with van der Waals surface area (Å²) >= 11 is 1.88. The summed E-state index contributed by atoms with van der Waals surface area (Å²) in [4.78, 5) is 10.3. The molecule has 0 bridgehead atoms. The summed E-state index contributed by atoms with van der Waals surface area (Å²) in [7, 11) is 0. The second-order valence-electron chi connectivity index (χ2n) is 11.7. The third-order valence-electron chi connectivity index (χ3n) is 9.01. The Morgan fingerprint density at radius 3 is 2.41 bits per heavy atom. The average molecular weight is 584 g/mol. The number of nitrogens with zero attached hydrogens (tertiary/aromatic N) is 3. The van der Waals surface area contributed by atoms with Crippen LogP contribution < -0.4 is 0 Å². The fourth-order valence-corrected chi connectivity index (χ4v) is 8.06. The highest BCUT2D eigenvalue weighted by Crippen LogP contribution is 2.43. The Morgan fingerprint density at radius 2 is 1.57 bits per heavy atom. The molecule has 2 aliphatic rings. The van der Waals surface area contributed by atoms with Crippen LogP contribution in [0.3, 0.4) is 0 Å². The van der Waals surface area contributed by atoms with Gasteiger partial charge in [-0.1, -0.05) is 91.1 Å². The smallest absolute Gasteiger partial charge is 0.160 e. The molecule has 0 saturated heterocycles. The van der Waals surface area contributed by atoms with E-state index in [0.29, 0.717) is 0 Å². The Morgan fingerprint density at radius 1 is 0.727 bits per heavy atom. The molecule has 0 spiro atoms. The molecule has 2 aliphatic carbocycles. The molecule has 0 aliphatic heterocycles. The molecule has 7 aromatic rings. The minimum absolute atomic E-state index is 0.265. The maximum atomic E-state index is 5.13. The number of para-hydroxylation sites is 1. The van der Waals surface area contributed by atoms with Crippen molar-refractivity contribution >= 4 is 58.9 Å². The van der Waals surface area contributed by atoms with Crippen molar-refractivity contribution < 1.29 is 0 Å². The summed E-state index contributed by atoms with van der Waals surface area (Å²) in [5.41, 5.74) is 8.06. The molecule has 3 heterocycles. The van der Waals surface area contributed by atoms with E-state index in [1.54, 1.807) is 0 Å². The minimum Gasteiger partial charge on any atom is -0.308 e. The summed E-state index contributed by atoms with van der Waals surface area (Å²) in [5.74, 6) is 1.05. The number of aromatic nitrogens is 3. The van der Waals surface area contributed by atoms with Gasteiger partial charge in [-0.15, -0.1) is 11.3 Å². The molecule has 1 atom stereocenters. The molecule has 0 fully saturated rings. The van der Waals surface area contributed by atoms with E-state index >= 15 is 0 Å². The van der Waals surface area contributed by atoms with Gasteiger partial charge in [0.1, 0.15) is 0 Å². The molecule has 0 N–H and O–H groups in total. The number of allylic oxidation sites excluding steroid dienone is 8. The summed E-state index contributed by atoms with van der Waals surface area (Å²) in [5, 5.41) is 5.20. The van der Waals surface area contributed by atoms with Crippen LogP contribution in [-0.4, -0.2) is 14.5 Å². The van der Waals surface area contributed by atoms with Crippen LogP contribution in [0, 0.1) is 0 Å². The molecule has 44 heavy (non-hydrogen) atoms. The molecule has 4 heteroatoms. The van der Waals surface area contributed by atoms with Gasteiger partial charge in [0.15, 0.2) is 5.82 Å². The zero-order valence-electron chi connectivity index (χ0n) is 24.2. The Balaban J connectivity index is 1.21. The normalized spacial score (nSPS) is 16.5. The van der Waals surface area contributed by atoms with Crippen molar-refractivity contribution in [3.63, 3.8) is 0 Å². The number of fused-ring (bicyclic) bond motifs is 7. The van der Waals surface area contributed by atoms with Gasteiger partial charge in [0, 0.05) is 43.4 Å². The molecule has 0 radical (unpaired) electrons. The molecule has 1 unspecified atom stereocenters. The zero-order valence-corrected chi connectivity index (χ0v) is 25.0. The van der Waals surface area contributed by atoms with E-state index < -0.39 is 0 Å².